The maximum atomic E-state index is 13.6. The summed E-state index contributed by atoms with van der Waals surface area (Å²) in [6.07, 6.45) is 0.416. The van der Waals surface area contributed by atoms with Gasteiger partial charge in [0.2, 0.25) is 0 Å². The van der Waals surface area contributed by atoms with Crippen molar-refractivity contribution < 1.29 is 17.9 Å². The Morgan fingerprint density at radius 1 is 0.935 bits per heavy atom. The predicted molar refractivity (Wildman–Crippen MR) is 120 cm³/mol. The Morgan fingerprint density at radius 2 is 1.68 bits per heavy atom. The molecule has 0 saturated heterocycles. The van der Waals surface area contributed by atoms with Crippen molar-refractivity contribution in [1.82, 2.24) is 4.41 Å². The Hall–Kier alpha value is -3.32. The van der Waals surface area contributed by atoms with Crippen molar-refractivity contribution in [2.45, 2.75) is 24.3 Å². The lowest BCUT2D eigenvalue weighted by Gasteiger charge is -2.25. The van der Waals surface area contributed by atoms with Crippen molar-refractivity contribution in [3.05, 3.63) is 89.5 Å². The number of sulfonamides is 1. The predicted octanol–water partition coefficient (Wildman–Crippen LogP) is 4.55. The van der Waals surface area contributed by atoms with E-state index in [2.05, 4.69) is 5.10 Å². The van der Waals surface area contributed by atoms with Crippen molar-refractivity contribution >= 4 is 15.7 Å². The van der Waals surface area contributed by atoms with Gasteiger partial charge in [0.1, 0.15) is 0 Å². The Kier molecular flexibility index (Phi) is 5.69. The maximum absolute atomic E-state index is 13.6. The quantitative estimate of drug-likeness (QED) is 0.568. The van der Waals surface area contributed by atoms with Crippen molar-refractivity contribution in [3.63, 3.8) is 0 Å². The van der Waals surface area contributed by atoms with Crippen LogP contribution in [0.3, 0.4) is 0 Å². The molecule has 0 aliphatic carbocycles. The van der Waals surface area contributed by atoms with Gasteiger partial charge < -0.3 is 9.47 Å². The van der Waals surface area contributed by atoms with Gasteiger partial charge in [0, 0.05) is 12.0 Å². The van der Waals surface area contributed by atoms with E-state index >= 15 is 0 Å². The summed E-state index contributed by atoms with van der Waals surface area (Å²) in [5, 5.41) is 4.60. The van der Waals surface area contributed by atoms with Crippen LogP contribution in [0.15, 0.2) is 82.8 Å². The van der Waals surface area contributed by atoms with Crippen LogP contribution in [-0.2, 0) is 10.0 Å². The molecule has 1 unspecified atom stereocenters. The van der Waals surface area contributed by atoms with Crippen molar-refractivity contribution in [2.24, 2.45) is 5.10 Å². The van der Waals surface area contributed by atoms with Gasteiger partial charge in [-0.2, -0.15) is 17.9 Å². The first-order valence-electron chi connectivity index (χ1n) is 9.90. The molecule has 3 aromatic rings. The van der Waals surface area contributed by atoms with Crippen LogP contribution < -0.4 is 9.47 Å². The summed E-state index contributed by atoms with van der Waals surface area (Å²) < 4.78 is 39.4. The molecule has 0 saturated carbocycles. The topological polar surface area (TPSA) is 68.2 Å². The van der Waals surface area contributed by atoms with Gasteiger partial charge in [-0.3, -0.25) is 0 Å². The minimum atomic E-state index is -3.88. The standard InChI is InChI=1S/C24H24N2O4S/c1-17-9-7-10-18(15-17)21-16-22(20-13-8-14-23(29-2)24(20)30-3)26(25-21)31(27,28)19-11-5-4-6-12-19/h4-15,22H,16H2,1-3H3. The van der Waals surface area contributed by atoms with E-state index in [0.717, 1.165) is 11.1 Å². The summed E-state index contributed by atoms with van der Waals surface area (Å²) in [5.41, 5.74) is 3.39. The molecule has 31 heavy (non-hydrogen) atoms. The number of benzene rings is 3. The molecule has 0 spiro atoms. The van der Waals surface area contributed by atoms with E-state index in [1.54, 1.807) is 50.6 Å². The molecule has 0 N–H and O–H groups in total. The molecule has 0 radical (unpaired) electrons. The van der Waals surface area contributed by atoms with Gasteiger partial charge in [0.05, 0.1) is 30.9 Å². The molecule has 160 valence electrons. The third-order valence-corrected chi connectivity index (χ3v) is 7.00. The van der Waals surface area contributed by atoms with Gasteiger partial charge in [-0.15, -0.1) is 0 Å². The monoisotopic (exact) mass is 436 g/mol. The fourth-order valence-electron chi connectivity index (χ4n) is 3.82. The lowest BCUT2D eigenvalue weighted by atomic mass is 9.97. The summed E-state index contributed by atoms with van der Waals surface area (Å²) in [6, 6.07) is 21.2. The second kappa shape index (κ2) is 8.43. The molecule has 0 fully saturated rings. The van der Waals surface area contributed by atoms with Crippen LogP contribution in [0, 0.1) is 6.92 Å². The highest BCUT2D eigenvalue weighted by atomic mass is 32.2. The average molecular weight is 437 g/mol. The van der Waals surface area contributed by atoms with Crippen LogP contribution in [-0.4, -0.2) is 32.8 Å². The zero-order valence-electron chi connectivity index (χ0n) is 17.6. The van der Waals surface area contributed by atoms with Crippen LogP contribution in [0.2, 0.25) is 0 Å². The minimum absolute atomic E-state index is 0.191. The molecule has 7 heteroatoms. The first-order chi connectivity index (χ1) is 15.0. The highest BCUT2D eigenvalue weighted by Crippen LogP contribution is 2.43. The molecule has 0 aromatic heterocycles. The van der Waals surface area contributed by atoms with Crippen molar-refractivity contribution in [2.75, 3.05) is 14.2 Å². The van der Waals surface area contributed by atoms with Gasteiger partial charge >= 0.3 is 0 Å². The van der Waals surface area contributed by atoms with E-state index in [4.69, 9.17) is 9.47 Å². The lowest BCUT2D eigenvalue weighted by molar-refractivity contribution is 0.328. The highest BCUT2D eigenvalue weighted by Gasteiger charge is 2.39. The number of hydrogen-bond acceptors (Lipinski definition) is 5. The summed E-state index contributed by atoms with van der Waals surface area (Å²) in [5.74, 6) is 1.05. The number of para-hydroxylation sites is 1. The molecular formula is C24H24N2O4S. The van der Waals surface area contributed by atoms with Gasteiger partial charge in [0.15, 0.2) is 11.5 Å². The number of aryl methyl sites for hydroxylation is 1. The summed E-state index contributed by atoms with van der Waals surface area (Å²) in [7, 11) is -0.773. The fourth-order valence-corrected chi connectivity index (χ4v) is 5.26. The van der Waals surface area contributed by atoms with Gasteiger partial charge in [-0.05, 0) is 30.7 Å². The summed E-state index contributed by atoms with van der Waals surface area (Å²) >= 11 is 0. The summed E-state index contributed by atoms with van der Waals surface area (Å²) in [6.45, 7) is 2.00. The second-order valence-electron chi connectivity index (χ2n) is 7.31. The van der Waals surface area contributed by atoms with Crippen LogP contribution >= 0.6 is 0 Å². The number of nitrogens with zero attached hydrogens (tertiary/aromatic N) is 2. The Labute approximate surface area is 182 Å². The van der Waals surface area contributed by atoms with Crippen molar-refractivity contribution in [3.8, 4) is 11.5 Å². The van der Waals surface area contributed by atoms with E-state index < -0.39 is 16.1 Å². The molecule has 1 aliphatic rings. The number of rotatable bonds is 6. The minimum Gasteiger partial charge on any atom is -0.493 e. The number of hydrogen-bond donors (Lipinski definition) is 0. The zero-order valence-corrected chi connectivity index (χ0v) is 18.5. The van der Waals surface area contributed by atoms with E-state index in [0.29, 0.717) is 29.2 Å². The number of methoxy groups -OCH3 is 2. The van der Waals surface area contributed by atoms with E-state index in [1.807, 2.05) is 43.3 Å². The van der Waals surface area contributed by atoms with Crippen LogP contribution in [0.5, 0.6) is 11.5 Å². The smallest absolute Gasteiger partial charge is 0.279 e. The molecule has 1 aliphatic heterocycles. The fraction of sp³-hybridized carbons (Fsp3) is 0.208. The number of ether oxygens (including phenoxy) is 2. The molecule has 0 amide bonds. The molecule has 0 bridgehead atoms. The highest BCUT2D eigenvalue weighted by molar-refractivity contribution is 7.89. The average Bonchev–Trinajstić information content (AvgIpc) is 3.25. The van der Waals surface area contributed by atoms with Gasteiger partial charge in [-0.1, -0.05) is 60.2 Å². The Morgan fingerprint density at radius 3 is 2.35 bits per heavy atom. The third kappa shape index (κ3) is 3.88. The van der Waals surface area contributed by atoms with Crippen LogP contribution in [0.25, 0.3) is 0 Å². The molecular weight excluding hydrogens is 412 g/mol. The zero-order chi connectivity index (χ0) is 22.0. The van der Waals surface area contributed by atoms with Gasteiger partial charge in [-0.25, -0.2) is 0 Å². The third-order valence-electron chi connectivity index (χ3n) is 5.30. The molecule has 6 nitrogen and oxygen atoms in total. The number of hydrazone groups is 1. The Balaban J connectivity index is 1.87. The molecule has 1 atom stereocenters. The first kappa shape index (κ1) is 20.9. The molecule has 3 aromatic carbocycles. The van der Waals surface area contributed by atoms with Crippen molar-refractivity contribution in [1.29, 1.82) is 0 Å². The summed E-state index contributed by atoms with van der Waals surface area (Å²) in [4.78, 5) is 0.191. The van der Waals surface area contributed by atoms with E-state index in [-0.39, 0.29) is 4.90 Å². The first-order valence-corrected chi connectivity index (χ1v) is 11.3. The van der Waals surface area contributed by atoms with E-state index in [1.165, 1.54) is 4.41 Å². The van der Waals surface area contributed by atoms with Crippen LogP contribution in [0.4, 0.5) is 0 Å². The SMILES string of the molecule is COc1cccc(C2CC(c3cccc(C)c3)=NN2S(=O)(=O)c2ccccc2)c1OC. The second-order valence-corrected chi connectivity index (χ2v) is 9.11. The lowest BCUT2D eigenvalue weighted by Crippen LogP contribution is -2.27. The normalized spacial score (nSPS) is 16.2. The Bertz CT molecular complexity index is 1220. The van der Waals surface area contributed by atoms with Crippen LogP contribution in [0.1, 0.15) is 29.2 Å². The maximum Gasteiger partial charge on any atom is 0.279 e. The van der Waals surface area contributed by atoms with Gasteiger partial charge in [0.25, 0.3) is 10.0 Å². The molecule has 4 rings (SSSR count). The van der Waals surface area contributed by atoms with E-state index in [9.17, 15) is 8.42 Å². The largest absolute Gasteiger partial charge is 0.493 e. The molecule has 1 heterocycles.